The zero-order valence-corrected chi connectivity index (χ0v) is 18.5. The molecule has 0 atom stereocenters. The van der Waals surface area contributed by atoms with E-state index in [-0.39, 0.29) is 0 Å². The van der Waals surface area contributed by atoms with Crippen LogP contribution in [-0.2, 0) is 0 Å². The number of H-pyrrole nitrogens is 1. The first kappa shape index (κ1) is 19.8. The molecular weight excluding hydrogens is 436 g/mol. The predicted molar refractivity (Wildman–Crippen MR) is 132 cm³/mol. The van der Waals surface area contributed by atoms with Gasteiger partial charge in [0.25, 0.3) is 0 Å². The van der Waals surface area contributed by atoms with Crippen LogP contribution in [0.25, 0.3) is 22.4 Å². The smallest absolute Gasteiger partial charge is 0.146 e. The van der Waals surface area contributed by atoms with Crippen LogP contribution in [0.1, 0.15) is 11.1 Å². The van der Waals surface area contributed by atoms with Crippen LogP contribution in [0.3, 0.4) is 0 Å². The summed E-state index contributed by atoms with van der Waals surface area (Å²) in [5, 5.41) is 7.09. The van der Waals surface area contributed by atoms with Gasteiger partial charge < -0.3 is 20.4 Å². The summed E-state index contributed by atoms with van der Waals surface area (Å²) in [6, 6.07) is 19.6. The molecule has 1 aromatic heterocycles. The summed E-state index contributed by atoms with van der Waals surface area (Å²) in [6.07, 6.45) is 0. The van der Waals surface area contributed by atoms with Crippen molar-refractivity contribution in [3.05, 3.63) is 76.8 Å². The maximum atomic E-state index is 6.55. The number of nitrogens with one attached hydrogen (secondary N) is 3. The number of halogens is 1. The second-order valence-electron chi connectivity index (χ2n) is 7.90. The van der Waals surface area contributed by atoms with Crippen molar-refractivity contribution in [2.75, 3.05) is 26.2 Å². The van der Waals surface area contributed by atoms with Gasteiger partial charge >= 0.3 is 0 Å². The molecule has 0 amide bonds. The van der Waals surface area contributed by atoms with E-state index in [1.807, 2.05) is 54.6 Å². The van der Waals surface area contributed by atoms with Crippen molar-refractivity contribution in [2.45, 2.75) is 0 Å². The second-order valence-corrected chi connectivity index (χ2v) is 8.31. The van der Waals surface area contributed by atoms with E-state index in [2.05, 4.69) is 31.7 Å². The summed E-state index contributed by atoms with van der Waals surface area (Å²) in [4.78, 5) is 17.0. The highest BCUT2D eigenvalue weighted by molar-refractivity contribution is 6.32. The molecule has 2 aliphatic rings. The van der Waals surface area contributed by atoms with Gasteiger partial charge in [0.1, 0.15) is 29.0 Å². The van der Waals surface area contributed by atoms with Crippen molar-refractivity contribution in [3.63, 3.8) is 0 Å². The van der Waals surface area contributed by atoms with Crippen molar-refractivity contribution in [1.29, 1.82) is 0 Å². The Bertz CT molecular complexity index is 1410. The van der Waals surface area contributed by atoms with E-state index < -0.39 is 0 Å². The number of fused-ring (bicyclic) bond motifs is 1. The Morgan fingerprint density at radius 2 is 1.45 bits per heavy atom. The van der Waals surface area contributed by atoms with Crippen molar-refractivity contribution < 1.29 is 4.74 Å². The van der Waals surface area contributed by atoms with Crippen LogP contribution in [0, 0.1) is 0 Å². The number of aliphatic imine (C=N–C) groups is 2. The summed E-state index contributed by atoms with van der Waals surface area (Å²) in [5.41, 5.74) is 4.84. The number of hydrogen-bond donors (Lipinski definition) is 3. The molecule has 0 radical (unpaired) electrons. The molecule has 7 nitrogen and oxygen atoms in total. The number of aromatic nitrogens is 2. The van der Waals surface area contributed by atoms with E-state index in [0.717, 1.165) is 71.4 Å². The number of aromatic amines is 1. The second kappa shape index (κ2) is 8.26. The number of amidine groups is 2. The molecule has 6 rings (SSSR count). The van der Waals surface area contributed by atoms with Gasteiger partial charge in [-0.15, -0.1) is 0 Å². The number of benzene rings is 3. The monoisotopic (exact) mass is 456 g/mol. The highest BCUT2D eigenvalue weighted by atomic mass is 35.5. The van der Waals surface area contributed by atoms with Crippen molar-refractivity contribution in [3.8, 4) is 22.9 Å². The Hall–Kier alpha value is -3.84. The third-order valence-electron chi connectivity index (χ3n) is 5.66. The Balaban J connectivity index is 1.22. The maximum Gasteiger partial charge on any atom is 0.146 e. The number of nitrogens with zero attached hydrogens (tertiary/aromatic N) is 3. The highest BCUT2D eigenvalue weighted by Crippen LogP contribution is 2.33. The van der Waals surface area contributed by atoms with Crippen LogP contribution in [0.2, 0.25) is 5.02 Å². The highest BCUT2D eigenvalue weighted by Gasteiger charge is 2.13. The molecular formula is C25H21ClN6O. The first-order valence-electron chi connectivity index (χ1n) is 10.9. The number of rotatable bonds is 5. The fraction of sp³-hybridized carbons (Fsp3) is 0.160. The van der Waals surface area contributed by atoms with Crippen molar-refractivity contribution >= 4 is 34.3 Å². The molecule has 3 N–H and O–H groups in total. The Morgan fingerprint density at radius 1 is 0.758 bits per heavy atom. The largest absolute Gasteiger partial charge is 0.456 e. The first-order chi connectivity index (χ1) is 16.2. The maximum absolute atomic E-state index is 6.55. The lowest BCUT2D eigenvalue weighted by atomic mass is 10.2. The standard InChI is InChI=1S/C25H21ClN6O/c26-19-13-16(25-31-20-7-3-17(14-21(20)32-25)24-29-11-12-30-24)4-8-22(19)33-18-5-1-15(2-6-18)23-27-9-10-28-23/h1-8,13-14H,9-12H2,(H,27,28)(H,29,30)(H,31,32). The lowest BCUT2D eigenvalue weighted by Gasteiger charge is -2.09. The molecule has 0 saturated heterocycles. The molecule has 164 valence electrons. The van der Waals surface area contributed by atoms with Gasteiger partial charge in [0.2, 0.25) is 0 Å². The average Bonchev–Trinajstić information content (AvgIpc) is 3.62. The lowest BCUT2D eigenvalue weighted by molar-refractivity contribution is 0.483. The third kappa shape index (κ3) is 3.91. The van der Waals surface area contributed by atoms with Gasteiger partial charge in [-0.05, 0) is 60.7 Å². The minimum Gasteiger partial charge on any atom is -0.456 e. The summed E-state index contributed by atoms with van der Waals surface area (Å²) < 4.78 is 6.01. The van der Waals surface area contributed by atoms with Gasteiger partial charge in [-0.3, -0.25) is 9.98 Å². The van der Waals surface area contributed by atoms with Crippen LogP contribution in [0.5, 0.6) is 11.5 Å². The van der Waals surface area contributed by atoms with Gasteiger partial charge in [0.15, 0.2) is 0 Å². The minimum absolute atomic E-state index is 0.518. The molecule has 4 aromatic rings. The van der Waals surface area contributed by atoms with E-state index in [1.54, 1.807) is 0 Å². The van der Waals surface area contributed by atoms with E-state index in [9.17, 15) is 0 Å². The Labute approximate surface area is 195 Å². The molecule has 0 spiro atoms. The van der Waals surface area contributed by atoms with Crippen molar-refractivity contribution in [1.82, 2.24) is 20.6 Å². The lowest BCUT2D eigenvalue weighted by Crippen LogP contribution is -2.19. The third-order valence-corrected chi connectivity index (χ3v) is 5.96. The van der Waals surface area contributed by atoms with Gasteiger partial charge in [-0.2, -0.15) is 0 Å². The molecule has 0 bridgehead atoms. The SMILES string of the molecule is Clc1cc(-c2nc3ccc(C4=NCCN4)cc3[nH]2)ccc1Oc1ccc(C2=NCCN2)cc1. The number of imidazole rings is 1. The average molecular weight is 457 g/mol. The van der Waals surface area contributed by atoms with Crippen LogP contribution in [0.15, 0.2) is 70.6 Å². The zero-order valence-electron chi connectivity index (χ0n) is 17.7. The zero-order chi connectivity index (χ0) is 22.2. The summed E-state index contributed by atoms with van der Waals surface area (Å²) in [5.74, 6) is 3.92. The molecule has 33 heavy (non-hydrogen) atoms. The van der Waals surface area contributed by atoms with Gasteiger partial charge in [0.05, 0.1) is 29.1 Å². The van der Waals surface area contributed by atoms with Gasteiger partial charge in [0, 0.05) is 29.8 Å². The molecule has 2 aliphatic heterocycles. The molecule has 3 aromatic carbocycles. The van der Waals surface area contributed by atoms with Gasteiger partial charge in [-0.25, -0.2) is 4.98 Å². The minimum atomic E-state index is 0.518. The number of hydrogen-bond acceptors (Lipinski definition) is 6. The molecule has 8 heteroatoms. The first-order valence-corrected chi connectivity index (χ1v) is 11.3. The van der Waals surface area contributed by atoms with Crippen LogP contribution in [0.4, 0.5) is 0 Å². The van der Waals surface area contributed by atoms with Crippen molar-refractivity contribution in [2.24, 2.45) is 9.98 Å². The quantitative estimate of drug-likeness (QED) is 0.416. The normalized spacial score (nSPS) is 15.2. The molecule has 3 heterocycles. The predicted octanol–water partition coefficient (Wildman–Crippen LogP) is 4.38. The molecule has 0 fully saturated rings. The molecule has 0 aliphatic carbocycles. The van der Waals surface area contributed by atoms with E-state index in [4.69, 9.17) is 21.3 Å². The Kier molecular flexibility index (Phi) is 4.96. The molecule has 0 unspecified atom stereocenters. The van der Waals surface area contributed by atoms with Crippen LogP contribution < -0.4 is 15.4 Å². The van der Waals surface area contributed by atoms with Gasteiger partial charge in [-0.1, -0.05) is 11.6 Å². The van der Waals surface area contributed by atoms with E-state index in [0.29, 0.717) is 16.5 Å². The van der Waals surface area contributed by atoms with Crippen LogP contribution in [-0.4, -0.2) is 47.8 Å². The van der Waals surface area contributed by atoms with Crippen LogP contribution >= 0.6 is 11.6 Å². The summed E-state index contributed by atoms with van der Waals surface area (Å²) in [7, 11) is 0. The summed E-state index contributed by atoms with van der Waals surface area (Å²) >= 11 is 6.55. The molecule has 0 saturated carbocycles. The van der Waals surface area contributed by atoms with E-state index in [1.165, 1.54) is 0 Å². The number of ether oxygens (including phenoxy) is 1. The summed E-state index contributed by atoms with van der Waals surface area (Å²) in [6.45, 7) is 3.39. The topological polar surface area (TPSA) is 86.7 Å². The Morgan fingerprint density at radius 3 is 2.15 bits per heavy atom. The fourth-order valence-electron chi connectivity index (χ4n) is 4.01. The van der Waals surface area contributed by atoms with E-state index >= 15 is 0 Å². The fourth-order valence-corrected chi connectivity index (χ4v) is 4.23.